The lowest BCUT2D eigenvalue weighted by atomic mass is 10.2. The van der Waals surface area contributed by atoms with Crippen molar-refractivity contribution < 1.29 is 14.4 Å². The Morgan fingerprint density at radius 2 is 2.28 bits per heavy atom. The number of hydrogen-bond donors (Lipinski definition) is 1. The van der Waals surface area contributed by atoms with Gasteiger partial charge in [-0.05, 0) is 19.1 Å². The van der Waals surface area contributed by atoms with E-state index in [1.54, 1.807) is 24.0 Å². The average Bonchev–Trinajstić information content (AvgIpc) is 2.72. The van der Waals surface area contributed by atoms with Crippen LogP contribution >= 0.6 is 22.9 Å². The second kappa shape index (κ2) is 5.17. The molecule has 5 nitrogen and oxygen atoms in total. The summed E-state index contributed by atoms with van der Waals surface area (Å²) in [5.74, 6) is -0.889. The lowest BCUT2D eigenvalue weighted by Crippen LogP contribution is -2.57. The molecule has 1 N–H and O–H groups in total. The van der Waals surface area contributed by atoms with Crippen LogP contribution in [0.15, 0.2) is 12.1 Å². The summed E-state index contributed by atoms with van der Waals surface area (Å²) in [6.07, 6.45) is 0. The van der Waals surface area contributed by atoms with Gasteiger partial charge in [-0.1, -0.05) is 11.6 Å². The van der Waals surface area contributed by atoms with Gasteiger partial charge < -0.3 is 0 Å². The number of Topliss-reactive ketones (excluding diaryl/α,β-unsaturated/α-hetero) is 1. The average molecular weight is 287 g/mol. The second-order valence-electron chi connectivity index (χ2n) is 4.02. The molecule has 0 spiro atoms. The molecule has 1 fully saturated rings. The number of nitrogens with one attached hydrogen (secondary N) is 1. The number of nitrogens with zero attached hydrogens (tertiary/aromatic N) is 1. The lowest BCUT2D eigenvalue weighted by Gasteiger charge is -2.30. The summed E-state index contributed by atoms with van der Waals surface area (Å²) in [6.45, 7) is 1.76. The zero-order valence-corrected chi connectivity index (χ0v) is 11.2. The van der Waals surface area contributed by atoms with Gasteiger partial charge in [-0.2, -0.15) is 0 Å². The van der Waals surface area contributed by atoms with E-state index < -0.39 is 6.04 Å². The van der Waals surface area contributed by atoms with E-state index in [-0.39, 0.29) is 30.7 Å². The van der Waals surface area contributed by atoms with Crippen LogP contribution in [0.3, 0.4) is 0 Å². The molecule has 0 bridgehead atoms. The fourth-order valence-corrected chi connectivity index (χ4v) is 2.66. The maximum atomic E-state index is 12.0. The van der Waals surface area contributed by atoms with E-state index in [1.165, 1.54) is 11.3 Å². The van der Waals surface area contributed by atoms with Gasteiger partial charge in [-0.25, -0.2) is 0 Å². The van der Waals surface area contributed by atoms with Crippen LogP contribution in [0.1, 0.15) is 16.6 Å². The molecule has 0 aromatic carbocycles. The molecule has 1 aromatic heterocycles. The Hall–Kier alpha value is -1.24. The van der Waals surface area contributed by atoms with Crippen LogP contribution in [-0.2, 0) is 9.59 Å². The Labute approximate surface area is 113 Å². The minimum atomic E-state index is -0.484. The van der Waals surface area contributed by atoms with Crippen LogP contribution in [-0.4, -0.2) is 41.6 Å². The maximum absolute atomic E-state index is 12.0. The van der Waals surface area contributed by atoms with E-state index >= 15 is 0 Å². The van der Waals surface area contributed by atoms with Gasteiger partial charge in [0, 0.05) is 0 Å². The van der Waals surface area contributed by atoms with Crippen molar-refractivity contribution >= 4 is 40.5 Å². The van der Waals surface area contributed by atoms with E-state index in [2.05, 4.69) is 5.32 Å². The number of thiophene rings is 1. The molecule has 1 aliphatic heterocycles. The normalized spacial score (nSPS) is 20.9. The monoisotopic (exact) mass is 286 g/mol. The summed E-state index contributed by atoms with van der Waals surface area (Å²) in [5.41, 5.74) is 0. The summed E-state index contributed by atoms with van der Waals surface area (Å²) in [6, 6.07) is 2.81. The largest absolute Gasteiger partial charge is 0.294 e. The molecule has 96 valence electrons. The molecular formula is C11H11ClN2O3S. The Bertz CT molecular complexity index is 514. The van der Waals surface area contributed by atoms with Gasteiger partial charge in [0.1, 0.15) is 0 Å². The van der Waals surface area contributed by atoms with Gasteiger partial charge in [0.2, 0.25) is 11.8 Å². The van der Waals surface area contributed by atoms with Gasteiger partial charge >= 0.3 is 0 Å². The summed E-state index contributed by atoms with van der Waals surface area (Å²) >= 11 is 6.95. The van der Waals surface area contributed by atoms with Gasteiger partial charge in [-0.3, -0.25) is 24.6 Å². The number of carbonyl (C=O) groups is 3. The highest BCUT2D eigenvalue weighted by molar-refractivity contribution is 7.18. The molecule has 2 rings (SSSR count). The van der Waals surface area contributed by atoms with Crippen LogP contribution in [0.5, 0.6) is 0 Å². The number of piperazine rings is 1. The predicted molar refractivity (Wildman–Crippen MR) is 67.8 cm³/mol. The Kier molecular flexibility index (Phi) is 3.79. The molecule has 1 aliphatic rings. The first-order chi connectivity index (χ1) is 8.47. The summed E-state index contributed by atoms with van der Waals surface area (Å²) in [7, 11) is 0. The van der Waals surface area contributed by atoms with Crippen LogP contribution < -0.4 is 5.32 Å². The smallest absolute Gasteiger partial charge is 0.243 e. The van der Waals surface area contributed by atoms with Gasteiger partial charge in [0.05, 0.1) is 28.3 Å². The molecule has 1 unspecified atom stereocenters. The number of carbonyl (C=O) groups excluding carboxylic acids is 3. The topological polar surface area (TPSA) is 66.5 Å². The fourth-order valence-electron chi connectivity index (χ4n) is 1.69. The Morgan fingerprint density at radius 3 is 2.89 bits per heavy atom. The van der Waals surface area contributed by atoms with Crippen molar-refractivity contribution in [3.05, 3.63) is 21.3 Å². The number of hydrogen-bond acceptors (Lipinski definition) is 5. The highest BCUT2D eigenvalue weighted by Crippen LogP contribution is 2.22. The fraction of sp³-hybridized carbons (Fsp3) is 0.364. The number of amides is 2. The molecule has 2 amide bonds. The molecule has 2 heterocycles. The van der Waals surface area contributed by atoms with Gasteiger partial charge in [-0.15, -0.1) is 11.3 Å². The van der Waals surface area contributed by atoms with E-state index in [1.807, 2.05) is 0 Å². The van der Waals surface area contributed by atoms with Gasteiger partial charge in [0.25, 0.3) is 0 Å². The van der Waals surface area contributed by atoms with E-state index in [4.69, 9.17) is 11.6 Å². The standard InChI is InChI=1S/C11H11ClN2O3S/c1-6-11(17)13-10(16)5-14(6)4-7(15)8-2-3-9(12)18-8/h2-3,6H,4-5H2,1H3,(H,13,16,17). The lowest BCUT2D eigenvalue weighted by molar-refractivity contribution is -0.139. The predicted octanol–water partition coefficient (Wildman–Crippen LogP) is 0.931. The van der Waals surface area contributed by atoms with Crippen molar-refractivity contribution in [1.82, 2.24) is 10.2 Å². The molecular weight excluding hydrogens is 276 g/mol. The van der Waals surface area contributed by atoms with Crippen molar-refractivity contribution in [2.45, 2.75) is 13.0 Å². The van der Waals surface area contributed by atoms with Crippen molar-refractivity contribution in [3.63, 3.8) is 0 Å². The number of rotatable bonds is 3. The molecule has 1 atom stereocenters. The summed E-state index contributed by atoms with van der Waals surface area (Å²) < 4.78 is 0.541. The molecule has 1 aromatic rings. The summed E-state index contributed by atoms with van der Waals surface area (Å²) in [4.78, 5) is 36.7. The van der Waals surface area contributed by atoms with E-state index in [0.717, 1.165) is 0 Å². The summed E-state index contributed by atoms with van der Waals surface area (Å²) in [5, 5.41) is 2.23. The Morgan fingerprint density at radius 1 is 1.56 bits per heavy atom. The highest BCUT2D eigenvalue weighted by Gasteiger charge is 2.31. The molecule has 0 radical (unpaired) electrons. The molecule has 0 saturated carbocycles. The minimum Gasteiger partial charge on any atom is -0.294 e. The third kappa shape index (κ3) is 2.77. The Balaban J connectivity index is 2.06. The van der Waals surface area contributed by atoms with Gasteiger partial charge in [0.15, 0.2) is 5.78 Å². The van der Waals surface area contributed by atoms with Crippen LogP contribution in [0.25, 0.3) is 0 Å². The SMILES string of the molecule is CC1C(=O)NC(=O)CN1CC(=O)c1ccc(Cl)s1. The molecule has 7 heteroatoms. The molecule has 1 saturated heterocycles. The van der Waals surface area contributed by atoms with Crippen LogP contribution in [0, 0.1) is 0 Å². The highest BCUT2D eigenvalue weighted by atomic mass is 35.5. The zero-order valence-electron chi connectivity index (χ0n) is 9.60. The second-order valence-corrected chi connectivity index (χ2v) is 5.74. The number of imide groups is 1. The first kappa shape index (κ1) is 13.2. The first-order valence-electron chi connectivity index (χ1n) is 5.33. The quantitative estimate of drug-likeness (QED) is 0.663. The molecule has 0 aliphatic carbocycles. The van der Waals surface area contributed by atoms with E-state index in [0.29, 0.717) is 9.21 Å². The third-order valence-corrected chi connectivity index (χ3v) is 4.00. The van der Waals surface area contributed by atoms with E-state index in [9.17, 15) is 14.4 Å². The first-order valence-corrected chi connectivity index (χ1v) is 6.53. The molecule has 18 heavy (non-hydrogen) atoms. The number of halogens is 1. The van der Waals surface area contributed by atoms with Crippen molar-refractivity contribution in [2.24, 2.45) is 0 Å². The van der Waals surface area contributed by atoms with Crippen LogP contribution in [0.2, 0.25) is 4.34 Å². The van der Waals surface area contributed by atoms with Crippen LogP contribution in [0.4, 0.5) is 0 Å². The maximum Gasteiger partial charge on any atom is 0.243 e. The number of ketones is 1. The third-order valence-electron chi connectivity index (χ3n) is 2.73. The van der Waals surface area contributed by atoms with Crippen molar-refractivity contribution in [2.75, 3.05) is 13.1 Å². The van der Waals surface area contributed by atoms with Crippen molar-refractivity contribution in [3.8, 4) is 0 Å². The minimum absolute atomic E-state index is 0.0389. The van der Waals surface area contributed by atoms with Crippen molar-refractivity contribution in [1.29, 1.82) is 0 Å². The zero-order chi connectivity index (χ0) is 13.3.